The summed E-state index contributed by atoms with van der Waals surface area (Å²) >= 11 is 0. The van der Waals surface area contributed by atoms with E-state index in [4.69, 9.17) is 0 Å². The number of benzene rings is 1. The van der Waals surface area contributed by atoms with Crippen molar-refractivity contribution >= 4 is 29.1 Å². The van der Waals surface area contributed by atoms with Crippen molar-refractivity contribution in [1.29, 1.82) is 0 Å². The highest BCUT2D eigenvalue weighted by molar-refractivity contribution is 6.01. The largest absolute Gasteiger partial charge is 0.481 e. The zero-order valence-corrected chi connectivity index (χ0v) is 19.4. The summed E-state index contributed by atoms with van der Waals surface area (Å²) in [4.78, 5) is 34.6. The minimum Gasteiger partial charge on any atom is -0.481 e. The molecule has 2 unspecified atom stereocenters. The second kappa shape index (κ2) is 9.97. The Balaban J connectivity index is 1.88. The van der Waals surface area contributed by atoms with Crippen LogP contribution < -0.4 is 15.5 Å². The normalized spacial score (nSPS) is 17.3. The molecular formula is C24H33N5O3. The van der Waals surface area contributed by atoms with Crippen LogP contribution in [0, 0.1) is 24.7 Å². The molecule has 0 radical (unpaired) electrons. The predicted octanol–water partition coefficient (Wildman–Crippen LogP) is 4.74. The fourth-order valence-electron chi connectivity index (χ4n) is 3.89. The van der Waals surface area contributed by atoms with Gasteiger partial charge in [0.05, 0.1) is 35.4 Å². The topological polar surface area (TPSA) is 107 Å². The molecule has 32 heavy (non-hydrogen) atoms. The van der Waals surface area contributed by atoms with Gasteiger partial charge in [-0.05, 0) is 48.8 Å². The van der Waals surface area contributed by atoms with Crippen LogP contribution in [0.15, 0.2) is 30.6 Å². The number of nitrogens with zero attached hydrogens (tertiary/aromatic N) is 3. The number of nitrogens with one attached hydrogen (secondary N) is 2. The van der Waals surface area contributed by atoms with Crippen molar-refractivity contribution in [2.45, 2.75) is 47.0 Å². The van der Waals surface area contributed by atoms with E-state index in [-0.39, 0.29) is 11.8 Å². The molecule has 172 valence electrons. The second-order valence-electron chi connectivity index (χ2n) is 9.35. The molecule has 8 nitrogen and oxygen atoms in total. The molecule has 1 fully saturated rings. The second-order valence-corrected chi connectivity index (χ2v) is 9.35. The highest BCUT2D eigenvalue weighted by Crippen LogP contribution is 2.49. The maximum atomic E-state index is 12.8. The van der Waals surface area contributed by atoms with Gasteiger partial charge in [-0.25, -0.2) is 14.8 Å². The van der Waals surface area contributed by atoms with Crippen LogP contribution in [0.5, 0.6) is 0 Å². The molecule has 0 saturated heterocycles. The Labute approximate surface area is 189 Å². The SMILES string of the molecule is Cc1ncc(NC(=O)Nc2cc(C3CC3C(=O)O)ccc2N(CC(C)C)CC(C)C)cn1. The molecule has 2 atom stereocenters. The lowest BCUT2D eigenvalue weighted by atomic mass is 10.0. The number of hydrogen-bond acceptors (Lipinski definition) is 5. The first kappa shape index (κ1) is 23.5. The molecule has 1 aromatic heterocycles. The highest BCUT2D eigenvalue weighted by Gasteiger charge is 2.44. The number of urea groups is 1. The minimum atomic E-state index is -0.771. The van der Waals surface area contributed by atoms with E-state index in [0.29, 0.717) is 35.5 Å². The van der Waals surface area contributed by atoms with Gasteiger partial charge in [-0.1, -0.05) is 33.8 Å². The van der Waals surface area contributed by atoms with Crippen molar-refractivity contribution in [2.24, 2.45) is 17.8 Å². The number of rotatable bonds is 9. The van der Waals surface area contributed by atoms with E-state index >= 15 is 0 Å². The maximum Gasteiger partial charge on any atom is 0.323 e. The number of carboxylic acid groups (broad SMARTS) is 1. The van der Waals surface area contributed by atoms with Crippen LogP contribution in [-0.4, -0.2) is 40.2 Å². The first-order valence-corrected chi connectivity index (χ1v) is 11.1. The Kier molecular flexibility index (Phi) is 7.33. The number of carboxylic acids is 1. The van der Waals surface area contributed by atoms with Gasteiger partial charge in [-0.3, -0.25) is 4.79 Å². The van der Waals surface area contributed by atoms with Crippen molar-refractivity contribution in [3.63, 3.8) is 0 Å². The van der Waals surface area contributed by atoms with Gasteiger partial charge in [-0.15, -0.1) is 0 Å². The third kappa shape index (κ3) is 6.18. The monoisotopic (exact) mass is 439 g/mol. The molecule has 1 aliphatic rings. The maximum absolute atomic E-state index is 12.8. The van der Waals surface area contributed by atoms with Crippen LogP contribution in [0.2, 0.25) is 0 Å². The van der Waals surface area contributed by atoms with Gasteiger partial charge < -0.3 is 20.6 Å². The molecule has 1 saturated carbocycles. The van der Waals surface area contributed by atoms with E-state index in [2.05, 4.69) is 53.2 Å². The third-order valence-electron chi connectivity index (χ3n) is 5.36. The average molecular weight is 440 g/mol. The van der Waals surface area contributed by atoms with Crippen molar-refractivity contribution in [1.82, 2.24) is 9.97 Å². The number of amides is 2. The van der Waals surface area contributed by atoms with E-state index in [9.17, 15) is 14.7 Å². The summed E-state index contributed by atoms with van der Waals surface area (Å²) in [6.45, 7) is 12.1. The first-order valence-electron chi connectivity index (χ1n) is 11.1. The molecule has 1 aromatic carbocycles. The van der Waals surface area contributed by atoms with Gasteiger partial charge in [0.1, 0.15) is 5.82 Å². The number of carbonyl (C=O) groups excluding carboxylic acids is 1. The molecule has 0 aliphatic heterocycles. The summed E-state index contributed by atoms with van der Waals surface area (Å²) in [5.41, 5.74) is 3.04. The summed E-state index contributed by atoms with van der Waals surface area (Å²) in [7, 11) is 0. The molecule has 0 bridgehead atoms. The zero-order chi connectivity index (χ0) is 23.4. The molecule has 8 heteroatoms. The van der Waals surface area contributed by atoms with Crippen molar-refractivity contribution in [3.8, 4) is 0 Å². The Hall–Kier alpha value is -3.16. The fraction of sp³-hybridized carbons (Fsp3) is 0.500. The van der Waals surface area contributed by atoms with Crippen molar-refractivity contribution in [2.75, 3.05) is 28.6 Å². The summed E-state index contributed by atoms with van der Waals surface area (Å²) in [6.07, 6.45) is 3.75. The molecule has 2 aromatic rings. The van der Waals surface area contributed by atoms with Crippen LogP contribution >= 0.6 is 0 Å². The molecule has 3 rings (SSSR count). The quantitative estimate of drug-likeness (QED) is 0.521. The number of carbonyl (C=O) groups is 2. The van der Waals surface area contributed by atoms with Crippen LogP contribution in [0.3, 0.4) is 0 Å². The van der Waals surface area contributed by atoms with Gasteiger partial charge >= 0.3 is 12.0 Å². The molecule has 2 amide bonds. The van der Waals surface area contributed by atoms with Gasteiger partial charge in [0.15, 0.2) is 0 Å². The molecular weight excluding hydrogens is 406 g/mol. The van der Waals surface area contributed by atoms with E-state index in [1.165, 1.54) is 0 Å². The summed E-state index contributed by atoms with van der Waals surface area (Å²) in [6, 6.07) is 5.52. The average Bonchev–Trinajstić information content (AvgIpc) is 3.50. The zero-order valence-electron chi connectivity index (χ0n) is 19.4. The van der Waals surface area contributed by atoms with Gasteiger partial charge in [-0.2, -0.15) is 0 Å². The van der Waals surface area contributed by atoms with E-state index in [1.807, 2.05) is 18.2 Å². The minimum absolute atomic E-state index is 0.0145. The molecule has 3 N–H and O–H groups in total. The fourth-order valence-corrected chi connectivity index (χ4v) is 3.89. The van der Waals surface area contributed by atoms with Crippen LogP contribution in [-0.2, 0) is 4.79 Å². The van der Waals surface area contributed by atoms with Gasteiger partial charge in [0.2, 0.25) is 0 Å². The molecule has 0 spiro atoms. The highest BCUT2D eigenvalue weighted by atomic mass is 16.4. The van der Waals surface area contributed by atoms with E-state index < -0.39 is 12.0 Å². The third-order valence-corrected chi connectivity index (χ3v) is 5.36. The lowest BCUT2D eigenvalue weighted by Crippen LogP contribution is -2.32. The Morgan fingerprint density at radius 3 is 2.25 bits per heavy atom. The molecule has 1 heterocycles. The lowest BCUT2D eigenvalue weighted by molar-refractivity contribution is -0.138. The van der Waals surface area contributed by atoms with Gasteiger partial charge in [0, 0.05) is 13.1 Å². The lowest BCUT2D eigenvalue weighted by Gasteiger charge is -2.30. The number of anilines is 3. The first-order chi connectivity index (χ1) is 15.1. The number of hydrogen-bond donors (Lipinski definition) is 3. The van der Waals surface area contributed by atoms with Gasteiger partial charge in [0.25, 0.3) is 0 Å². The summed E-state index contributed by atoms with van der Waals surface area (Å²) in [5.74, 6) is 0.376. The Morgan fingerprint density at radius 1 is 1.09 bits per heavy atom. The van der Waals surface area contributed by atoms with Crippen LogP contribution in [0.1, 0.15) is 51.4 Å². The number of aromatic nitrogens is 2. The number of aliphatic carboxylic acids is 1. The van der Waals surface area contributed by atoms with Crippen LogP contribution in [0.25, 0.3) is 0 Å². The predicted molar refractivity (Wildman–Crippen MR) is 126 cm³/mol. The Bertz CT molecular complexity index is 949. The van der Waals surface area contributed by atoms with E-state index in [0.717, 1.165) is 24.3 Å². The standard InChI is InChI=1S/C24H33N5O3/c1-14(2)12-29(13-15(3)4)22-7-6-17(19-9-20(19)23(30)31)8-21(22)28-24(32)27-18-10-25-16(5)26-11-18/h6-8,10-11,14-15,19-20H,9,12-13H2,1-5H3,(H,30,31)(H2,27,28,32). The smallest absolute Gasteiger partial charge is 0.323 e. The van der Waals surface area contributed by atoms with Crippen molar-refractivity contribution in [3.05, 3.63) is 42.0 Å². The van der Waals surface area contributed by atoms with E-state index in [1.54, 1.807) is 19.3 Å². The Morgan fingerprint density at radius 2 is 1.72 bits per heavy atom. The van der Waals surface area contributed by atoms with Crippen molar-refractivity contribution < 1.29 is 14.7 Å². The number of aryl methyl sites for hydroxylation is 1. The summed E-state index contributed by atoms with van der Waals surface area (Å²) < 4.78 is 0. The summed E-state index contributed by atoms with van der Waals surface area (Å²) in [5, 5.41) is 15.1. The molecule has 1 aliphatic carbocycles. The van der Waals surface area contributed by atoms with Crippen LogP contribution in [0.4, 0.5) is 21.9 Å².